The Morgan fingerprint density at radius 2 is 2.25 bits per heavy atom. The average molecular weight is 279 g/mol. The molecule has 110 valence electrons. The maximum absolute atomic E-state index is 14.4. The van der Waals surface area contributed by atoms with E-state index in [9.17, 15) is 4.39 Å². The summed E-state index contributed by atoms with van der Waals surface area (Å²) in [6.45, 7) is 4.69. The molecule has 0 heterocycles. The molecular weight excluding hydrogens is 257 g/mol. The third-order valence-electron chi connectivity index (χ3n) is 3.61. The third-order valence-corrected chi connectivity index (χ3v) is 3.61. The van der Waals surface area contributed by atoms with Gasteiger partial charge in [0.25, 0.3) is 0 Å². The van der Waals surface area contributed by atoms with E-state index in [1.165, 1.54) is 18.9 Å². The first kappa shape index (κ1) is 14.8. The van der Waals surface area contributed by atoms with E-state index in [4.69, 9.17) is 10.9 Å². The van der Waals surface area contributed by atoms with Crippen LogP contribution in [0.4, 0.5) is 4.39 Å². The number of hydrogen-bond donors (Lipinski definition) is 2. The number of oxime groups is 1. The van der Waals surface area contributed by atoms with Crippen LogP contribution in [0, 0.1) is 11.7 Å². The van der Waals surface area contributed by atoms with Gasteiger partial charge in [-0.05, 0) is 37.8 Å². The van der Waals surface area contributed by atoms with Crippen LogP contribution in [-0.4, -0.2) is 29.0 Å². The summed E-state index contributed by atoms with van der Waals surface area (Å²) in [5, 5.41) is 11.6. The lowest BCUT2D eigenvalue weighted by atomic mass is 10.1. The first-order valence-corrected chi connectivity index (χ1v) is 7.13. The van der Waals surface area contributed by atoms with Gasteiger partial charge < -0.3 is 10.9 Å². The van der Waals surface area contributed by atoms with Gasteiger partial charge in [-0.3, -0.25) is 4.90 Å². The van der Waals surface area contributed by atoms with Crippen LogP contribution >= 0.6 is 0 Å². The average Bonchev–Trinajstić information content (AvgIpc) is 3.24. The largest absolute Gasteiger partial charge is 0.409 e. The zero-order valence-electron chi connectivity index (χ0n) is 11.8. The lowest BCUT2D eigenvalue weighted by Gasteiger charge is -2.22. The Morgan fingerprint density at radius 1 is 1.50 bits per heavy atom. The second-order valence-corrected chi connectivity index (χ2v) is 5.44. The number of halogens is 1. The minimum Gasteiger partial charge on any atom is -0.409 e. The second kappa shape index (κ2) is 6.70. The summed E-state index contributed by atoms with van der Waals surface area (Å²) in [6, 6.07) is 5.03. The Morgan fingerprint density at radius 3 is 2.85 bits per heavy atom. The number of nitrogens with zero attached hydrogens (tertiary/aromatic N) is 2. The number of rotatable bonds is 7. The van der Waals surface area contributed by atoms with Crippen molar-refractivity contribution in [2.75, 3.05) is 13.1 Å². The van der Waals surface area contributed by atoms with E-state index in [0.717, 1.165) is 25.4 Å². The Kier molecular flexibility index (Phi) is 4.95. The molecule has 4 nitrogen and oxygen atoms in total. The van der Waals surface area contributed by atoms with Gasteiger partial charge in [0, 0.05) is 18.7 Å². The summed E-state index contributed by atoms with van der Waals surface area (Å²) < 4.78 is 14.4. The van der Waals surface area contributed by atoms with Gasteiger partial charge >= 0.3 is 0 Å². The molecule has 0 atom stereocenters. The molecule has 0 spiro atoms. The molecule has 3 N–H and O–H groups in total. The lowest BCUT2D eigenvalue weighted by molar-refractivity contribution is 0.251. The molecular formula is C15H22FN3O. The highest BCUT2D eigenvalue weighted by Crippen LogP contribution is 2.30. The number of amidine groups is 1. The fourth-order valence-corrected chi connectivity index (χ4v) is 2.41. The van der Waals surface area contributed by atoms with Gasteiger partial charge in [0.2, 0.25) is 0 Å². The van der Waals surface area contributed by atoms with Crippen molar-refractivity contribution in [3.05, 3.63) is 35.1 Å². The van der Waals surface area contributed by atoms with Crippen LogP contribution in [0.2, 0.25) is 0 Å². The molecule has 0 amide bonds. The fraction of sp³-hybridized carbons (Fsp3) is 0.533. The maximum atomic E-state index is 14.4. The smallest absolute Gasteiger partial charge is 0.173 e. The highest BCUT2D eigenvalue weighted by atomic mass is 19.1. The summed E-state index contributed by atoms with van der Waals surface area (Å²) in [5.74, 6) is 0.199. The van der Waals surface area contributed by atoms with Crippen LogP contribution in [-0.2, 0) is 6.54 Å². The lowest BCUT2D eigenvalue weighted by Crippen LogP contribution is -2.27. The molecule has 0 radical (unpaired) electrons. The molecule has 1 aliphatic carbocycles. The quantitative estimate of drug-likeness (QED) is 0.349. The van der Waals surface area contributed by atoms with E-state index in [1.807, 2.05) is 0 Å². The molecule has 20 heavy (non-hydrogen) atoms. The summed E-state index contributed by atoms with van der Waals surface area (Å²) in [4.78, 5) is 2.28. The van der Waals surface area contributed by atoms with Crippen LogP contribution in [0.5, 0.6) is 0 Å². The molecule has 0 aliphatic heterocycles. The predicted octanol–water partition coefficient (Wildman–Crippen LogP) is 2.54. The van der Waals surface area contributed by atoms with E-state index in [0.29, 0.717) is 12.1 Å². The molecule has 1 aromatic carbocycles. The molecule has 1 saturated carbocycles. The third kappa shape index (κ3) is 3.70. The topological polar surface area (TPSA) is 61.8 Å². The Labute approximate surface area is 119 Å². The fourth-order valence-electron chi connectivity index (χ4n) is 2.41. The van der Waals surface area contributed by atoms with Gasteiger partial charge in [0.05, 0.1) is 5.56 Å². The Bertz CT molecular complexity index is 486. The van der Waals surface area contributed by atoms with Crippen LogP contribution in [0.3, 0.4) is 0 Å². The van der Waals surface area contributed by atoms with Crippen molar-refractivity contribution >= 4 is 5.84 Å². The van der Waals surface area contributed by atoms with Gasteiger partial charge in [0.1, 0.15) is 5.82 Å². The van der Waals surface area contributed by atoms with Gasteiger partial charge in [0.15, 0.2) is 5.84 Å². The van der Waals surface area contributed by atoms with Crippen molar-refractivity contribution in [3.63, 3.8) is 0 Å². The molecule has 0 bridgehead atoms. The normalized spacial score (nSPS) is 15.8. The van der Waals surface area contributed by atoms with Crippen LogP contribution < -0.4 is 5.73 Å². The first-order chi connectivity index (χ1) is 9.65. The molecule has 5 heteroatoms. The Balaban J connectivity index is 2.14. The summed E-state index contributed by atoms with van der Waals surface area (Å²) >= 11 is 0. The molecule has 1 fully saturated rings. The van der Waals surface area contributed by atoms with Crippen molar-refractivity contribution in [1.82, 2.24) is 4.90 Å². The summed E-state index contributed by atoms with van der Waals surface area (Å²) in [7, 11) is 0. The predicted molar refractivity (Wildman–Crippen MR) is 77.2 cm³/mol. The zero-order valence-corrected chi connectivity index (χ0v) is 11.8. The van der Waals surface area contributed by atoms with Crippen LogP contribution in [0.1, 0.15) is 37.3 Å². The van der Waals surface area contributed by atoms with Gasteiger partial charge in [-0.1, -0.05) is 24.2 Å². The molecule has 0 unspecified atom stereocenters. The second-order valence-electron chi connectivity index (χ2n) is 5.44. The minimum atomic E-state index is -0.389. The van der Waals surface area contributed by atoms with Crippen molar-refractivity contribution in [1.29, 1.82) is 0 Å². The minimum absolute atomic E-state index is 0.160. The summed E-state index contributed by atoms with van der Waals surface area (Å²) in [5.41, 5.74) is 6.25. The standard InChI is InChI=1S/C15H22FN3O/c1-2-8-19(9-11-6-7-11)10-12-4-3-5-13(14(12)16)15(17)18-20/h3-5,11,20H,2,6-10H2,1H3,(H2,17,18). The van der Waals surface area contributed by atoms with Gasteiger partial charge in [-0.2, -0.15) is 0 Å². The van der Waals surface area contributed by atoms with E-state index >= 15 is 0 Å². The molecule has 2 rings (SSSR count). The van der Waals surface area contributed by atoms with Gasteiger partial charge in [-0.25, -0.2) is 4.39 Å². The highest BCUT2D eigenvalue weighted by molar-refractivity contribution is 5.97. The SMILES string of the molecule is CCCN(Cc1cccc(/C(N)=N/O)c1F)CC1CC1. The van der Waals surface area contributed by atoms with Crippen molar-refractivity contribution in [3.8, 4) is 0 Å². The van der Waals surface area contributed by atoms with E-state index in [-0.39, 0.29) is 17.2 Å². The van der Waals surface area contributed by atoms with Crippen molar-refractivity contribution < 1.29 is 9.60 Å². The highest BCUT2D eigenvalue weighted by Gasteiger charge is 2.24. The molecule has 1 aromatic rings. The number of nitrogens with two attached hydrogens (primary N) is 1. The number of benzene rings is 1. The monoisotopic (exact) mass is 279 g/mol. The first-order valence-electron chi connectivity index (χ1n) is 7.13. The Hall–Kier alpha value is -1.62. The molecule has 0 aromatic heterocycles. The van der Waals surface area contributed by atoms with E-state index in [2.05, 4.69) is 17.0 Å². The van der Waals surface area contributed by atoms with Crippen LogP contribution in [0.25, 0.3) is 0 Å². The van der Waals surface area contributed by atoms with E-state index in [1.54, 1.807) is 12.1 Å². The van der Waals surface area contributed by atoms with E-state index < -0.39 is 0 Å². The molecule has 0 saturated heterocycles. The van der Waals surface area contributed by atoms with Gasteiger partial charge in [-0.15, -0.1) is 0 Å². The van der Waals surface area contributed by atoms with Crippen LogP contribution in [0.15, 0.2) is 23.4 Å². The molecule has 1 aliphatic rings. The number of hydrogen-bond acceptors (Lipinski definition) is 3. The van der Waals surface area contributed by atoms with Crippen molar-refractivity contribution in [2.45, 2.75) is 32.7 Å². The zero-order chi connectivity index (χ0) is 14.5. The summed E-state index contributed by atoms with van der Waals surface area (Å²) in [6.07, 6.45) is 3.62. The van der Waals surface area contributed by atoms with Crippen molar-refractivity contribution in [2.24, 2.45) is 16.8 Å². The maximum Gasteiger partial charge on any atom is 0.173 e.